The second-order valence-electron chi connectivity index (χ2n) is 4.65. The monoisotopic (exact) mass is 338 g/mol. The van der Waals surface area contributed by atoms with Gasteiger partial charge in [-0.2, -0.15) is 0 Å². The van der Waals surface area contributed by atoms with Crippen molar-refractivity contribution < 1.29 is 0 Å². The van der Waals surface area contributed by atoms with E-state index in [1.54, 1.807) is 11.3 Å². The summed E-state index contributed by atoms with van der Waals surface area (Å²) in [5, 5.41) is 0. The van der Waals surface area contributed by atoms with Gasteiger partial charge in [-0.15, -0.1) is 11.3 Å². The van der Waals surface area contributed by atoms with Crippen LogP contribution in [0.25, 0.3) is 0 Å². The molecular weight excluding hydrogens is 320 g/mol. The molecule has 1 heterocycles. The Bertz CT molecular complexity index is 484. The molecule has 102 valence electrons. The summed E-state index contributed by atoms with van der Waals surface area (Å²) < 4.78 is 1.18. The molecule has 1 atom stereocenters. The van der Waals surface area contributed by atoms with Gasteiger partial charge in [0, 0.05) is 10.9 Å². The molecule has 2 rings (SSSR count). The van der Waals surface area contributed by atoms with E-state index in [4.69, 9.17) is 5.84 Å². The Morgan fingerprint density at radius 3 is 2.58 bits per heavy atom. The van der Waals surface area contributed by atoms with Crippen LogP contribution >= 0.6 is 27.3 Å². The number of rotatable bonds is 7. The Labute approximate surface area is 127 Å². The first-order valence-corrected chi connectivity index (χ1v) is 8.13. The summed E-state index contributed by atoms with van der Waals surface area (Å²) in [6.07, 6.45) is 4.38. The molecule has 0 fully saturated rings. The molecule has 4 heteroatoms. The Morgan fingerprint density at radius 1 is 1.16 bits per heavy atom. The van der Waals surface area contributed by atoms with Crippen LogP contribution in [-0.2, 0) is 12.8 Å². The van der Waals surface area contributed by atoms with Crippen LogP contribution in [0.5, 0.6) is 0 Å². The van der Waals surface area contributed by atoms with E-state index in [0.717, 1.165) is 25.7 Å². The minimum Gasteiger partial charge on any atom is -0.271 e. The van der Waals surface area contributed by atoms with Crippen molar-refractivity contribution in [2.75, 3.05) is 0 Å². The zero-order valence-corrected chi connectivity index (χ0v) is 13.2. The van der Waals surface area contributed by atoms with Crippen LogP contribution < -0.4 is 11.3 Å². The minimum absolute atomic E-state index is 0.356. The fraction of sp³-hybridized carbons (Fsp3) is 0.333. The van der Waals surface area contributed by atoms with Crippen molar-refractivity contribution in [2.45, 2.75) is 31.7 Å². The molecule has 0 radical (unpaired) electrons. The smallest absolute Gasteiger partial charge is 0.0701 e. The summed E-state index contributed by atoms with van der Waals surface area (Å²) in [7, 11) is 0. The van der Waals surface area contributed by atoms with E-state index in [9.17, 15) is 0 Å². The second kappa shape index (κ2) is 7.80. The molecular formula is C15H19BrN2S. The van der Waals surface area contributed by atoms with Crippen LogP contribution in [0.15, 0.2) is 46.3 Å². The van der Waals surface area contributed by atoms with Gasteiger partial charge in [-0.05, 0) is 59.3 Å². The maximum atomic E-state index is 5.65. The summed E-state index contributed by atoms with van der Waals surface area (Å²) in [5.41, 5.74) is 4.34. The molecule has 0 aliphatic rings. The Hall–Kier alpha value is -0.680. The third-order valence-corrected chi connectivity index (χ3v) is 4.82. The van der Waals surface area contributed by atoms with E-state index in [0.29, 0.717) is 6.04 Å². The van der Waals surface area contributed by atoms with Gasteiger partial charge in [0.15, 0.2) is 0 Å². The minimum atomic E-state index is 0.356. The van der Waals surface area contributed by atoms with Gasteiger partial charge in [0.05, 0.1) is 3.79 Å². The number of hydrogen-bond donors (Lipinski definition) is 2. The molecule has 0 spiro atoms. The highest BCUT2D eigenvalue weighted by atomic mass is 79.9. The molecule has 0 bridgehead atoms. The summed E-state index contributed by atoms with van der Waals surface area (Å²) in [6.45, 7) is 0. The van der Waals surface area contributed by atoms with E-state index in [1.807, 2.05) is 0 Å². The van der Waals surface area contributed by atoms with Gasteiger partial charge in [-0.25, -0.2) is 0 Å². The van der Waals surface area contributed by atoms with E-state index in [1.165, 1.54) is 14.2 Å². The zero-order chi connectivity index (χ0) is 13.5. The topological polar surface area (TPSA) is 38.0 Å². The molecule has 0 saturated heterocycles. The fourth-order valence-corrected chi connectivity index (χ4v) is 3.71. The molecule has 0 aliphatic carbocycles. The lowest BCUT2D eigenvalue weighted by Crippen LogP contribution is -2.36. The number of hydrazine groups is 1. The molecule has 1 aromatic carbocycles. The number of hydrogen-bond acceptors (Lipinski definition) is 3. The SMILES string of the molecule is NNC(CCCc1ccccc1)Cc1ccc(Br)s1. The lowest BCUT2D eigenvalue weighted by Gasteiger charge is -2.14. The van der Waals surface area contributed by atoms with Crippen LogP contribution in [0.2, 0.25) is 0 Å². The molecule has 1 aromatic heterocycles. The molecule has 2 nitrogen and oxygen atoms in total. The molecule has 1 unspecified atom stereocenters. The van der Waals surface area contributed by atoms with Crippen molar-refractivity contribution >= 4 is 27.3 Å². The number of nitrogens with one attached hydrogen (secondary N) is 1. The average molecular weight is 339 g/mol. The molecule has 0 saturated carbocycles. The van der Waals surface area contributed by atoms with E-state index in [-0.39, 0.29) is 0 Å². The van der Waals surface area contributed by atoms with Crippen molar-refractivity contribution in [1.29, 1.82) is 0 Å². The Balaban J connectivity index is 1.76. The predicted molar refractivity (Wildman–Crippen MR) is 86.2 cm³/mol. The summed E-state index contributed by atoms with van der Waals surface area (Å²) in [4.78, 5) is 1.37. The van der Waals surface area contributed by atoms with Crippen molar-refractivity contribution in [1.82, 2.24) is 5.43 Å². The van der Waals surface area contributed by atoms with E-state index in [2.05, 4.69) is 63.8 Å². The number of thiophene rings is 1. The van der Waals surface area contributed by atoms with Gasteiger partial charge in [0.25, 0.3) is 0 Å². The quantitative estimate of drug-likeness (QED) is 0.593. The first-order valence-electron chi connectivity index (χ1n) is 6.52. The largest absolute Gasteiger partial charge is 0.271 e. The maximum Gasteiger partial charge on any atom is 0.0701 e. The molecule has 0 aliphatic heterocycles. The lowest BCUT2D eigenvalue weighted by molar-refractivity contribution is 0.479. The maximum absolute atomic E-state index is 5.65. The molecule has 2 aromatic rings. The number of benzene rings is 1. The third kappa shape index (κ3) is 5.07. The first-order chi connectivity index (χ1) is 9.28. The van der Waals surface area contributed by atoms with E-state index >= 15 is 0 Å². The van der Waals surface area contributed by atoms with Gasteiger partial charge in [-0.1, -0.05) is 30.3 Å². The van der Waals surface area contributed by atoms with Gasteiger partial charge in [0.2, 0.25) is 0 Å². The Morgan fingerprint density at radius 2 is 1.95 bits per heavy atom. The normalized spacial score (nSPS) is 12.5. The highest BCUT2D eigenvalue weighted by molar-refractivity contribution is 9.11. The summed E-state index contributed by atoms with van der Waals surface area (Å²) >= 11 is 5.28. The number of halogens is 1. The Kier molecular flexibility index (Phi) is 6.04. The van der Waals surface area contributed by atoms with Crippen LogP contribution in [0.1, 0.15) is 23.3 Å². The van der Waals surface area contributed by atoms with Crippen molar-refractivity contribution in [3.05, 3.63) is 56.7 Å². The van der Waals surface area contributed by atoms with Gasteiger partial charge < -0.3 is 0 Å². The molecule has 3 N–H and O–H groups in total. The molecule has 0 amide bonds. The van der Waals surface area contributed by atoms with Gasteiger partial charge in [0.1, 0.15) is 0 Å². The summed E-state index contributed by atoms with van der Waals surface area (Å²) in [5.74, 6) is 5.65. The standard InChI is InChI=1S/C15H19BrN2S/c16-15-10-9-14(19-15)11-13(18-17)8-4-7-12-5-2-1-3-6-12/h1-3,5-6,9-10,13,18H,4,7-8,11,17H2. The van der Waals surface area contributed by atoms with Crippen LogP contribution in [0.4, 0.5) is 0 Å². The first kappa shape index (κ1) is 14.7. The van der Waals surface area contributed by atoms with Crippen LogP contribution in [0, 0.1) is 0 Å². The average Bonchev–Trinajstić information content (AvgIpc) is 2.84. The zero-order valence-electron chi connectivity index (χ0n) is 10.8. The predicted octanol–water partition coefficient (Wildman–Crippen LogP) is 3.91. The number of aryl methyl sites for hydroxylation is 1. The highest BCUT2D eigenvalue weighted by Gasteiger charge is 2.09. The third-order valence-electron chi connectivity index (χ3n) is 3.17. The van der Waals surface area contributed by atoms with Crippen LogP contribution in [0.3, 0.4) is 0 Å². The fourth-order valence-electron chi connectivity index (χ4n) is 2.15. The lowest BCUT2D eigenvalue weighted by atomic mass is 10.0. The summed E-state index contributed by atoms with van der Waals surface area (Å²) in [6, 6.07) is 15.2. The van der Waals surface area contributed by atoms with Gasteiger partial charge in [-0.3, -0.25) is 11.3 Å². The van der Waals surface area contributed by atoms with Crippen molar-refractivity contribution in [3.63, 3.8) is 0 Å². The van der Waals surface area contributed by atoms with Gasteiger partial charge >= 0.3 is 0 Å². The second-order valence-corrected chi connectivity index (χ2v) is 7.20. The highest BCUT2D eigenvalue weighted by Crippen LogP contribution is 2.23. The van der Waals surface area contributed by atoms with Crippen LogP contribution in [-0.4, -0.2) is 6.04 Å². The number of nitrogens with two attached hydrogens (primary N) is 1. The molecule has 19 heavy (non-hydrogen) atoms. The van der Waals surface area contributed by atoms with E-state index < -0.39 is 0 Å². The van der Waals surface area contributed by atoms with Crippen molar-refractivity contribution in [2.24, 2.45) is 5.84 Å². The van der Waals surface area contributed by atoms with Crippen molar-refractivity contribution in [3.8, 4) is 0 Å².